The van der Waals surface area contributed by atoms with Crippen molar-refractivity contribution in [1.29, 1.82) is 0 Å². The third-order valence-corrected chi connectivity index (χ3v) is 2.82. The van der Waals surface area contributed by atoms with E-state index in [1.165, 1.54) is 0 Å². The smallest absolute Gasteiger partial charge is 0.434 e. The van der Waals surface area contributed by atoms with E-state index in [4.69, 9.17) is 23.7 Å². The molecule has 122 valence electrons. The van der Waals surface area contributed by atoms with Gasteiger partial charge in [0.1, 0.15) is 13.2 Å². The van der Waals surface area contributed by atoms with E-state index in [2.05, 4.69) is 0 Å². The Hall–Kier alpha value is -1.50. The molecule has 0 aromatic heterocycles. The highest BCUT2D eigenvalue weighted by Crippen LogP contribution is 2.20. The quantitative estimate of drug-likeness (QED) is 0.638. The summed E-state index contributed by atoms with van der Waals surface area (Å²) in [4.78, 5) is 22.3. The van der Waals surface area contributed by atoms with Gasteiger partial charge in [-0.2, -0.15) is 0 Å². The van der Waals surface area contributed by atoms with Gasteiger partial charge in [-0.15, -0.1) is 0 Å². The van der Waals surface area contributed by atoms with Crippen LogP contribution in [0, 0.1) is 0 Å². The van der Waals surface area contributed by atoms with Gasteiger partial charge in [0.15, 0.2) is 0 Å². The summed E-state index contributed by atoms with van der Waals surface area (Å²) in [6, 6.07) is 0. The highest BCUT2D eigenvalue weighted by atomic mass is 16.7. The van der Waals surface area contributed by atoms with Gasteiger partial charge < -0.3 is 23.7 Å². The summed E-state index contributed by atoms with van der Waals surface area (Å²) in [6.45, 7) is 4.81. The number of hydrogen-bond acceptors (Lipinski definition) is 7. The van der Waals surface area contributed by atoms with E-state index in [9.17, 15) is 9.59 Å². The van der Waals surface area contributed by atoms with E-state index in [0.29, 0.717) is 13.2 Å². The first kappa shape index (κ1) is 17.6. The number of carbonyl (C=O) groups excluding carboxylic acids is 2. The summed E-state index contributed by atoms with van der Waals surface area (Å²) in [5, 5.41) is 0. The van der Waals surface area contributed by atoms with Crippen molar-refractivity contribution in [2.45, 2.75) is 51.7 Å². The molecule has 0 saturated carbocycles. The average molecular weight is 304 g/mol. The fourth-order valence-electron chi connectivity index (χ4n) is 1.80. The molecule has 1 rings (SSSR count). The lowest BCUT2D eigenvalue weighted by atomic mass is 10.2. The number of carbonyl (C=O) groups is 2. The Morgan fingerprint density at radius 3 is 1.67 bits per heavy atom. The Balaban J connectivity index is 2.09. The van der Waals surface area contributed by atoms with Crippen LogP contribution >= 0.6 is 0 Å². The Bertz CT molecular complexity index is 288. The van der Waals surface area contributed by atoms with Crippen molar-refractivity contribution < 1.29 is 33.3 Å². The van der Waals surface area contributed by atoms with Crippen LogP contribution in [0.5, 0.6) is 0 Å². The van der Waals surface area contributed by atoms with E-state index in [0.717, 1.165) is 25.7 Å². The minimum Gasteiger partial charge on any atom is -0.434 e. The maximum atomic E-state index is 11.2. The molecule has 0 radical (unpaired) electrons. The lowest BCUT2D eigenvalue weighted by Crippen LogP contribution is -2.23. The SMILES string of the molecule is CCCOC(=O)OCC1CCC(COC(=O)OCCC)O1. The predicted molar refractivity (Wildman–Crippen MR) is 73.1 cm³/mol. The molecule has 0 spiro atoms. The summed E-state index contributed by atoms with van der Waals surface area (Å²) in [7, 11) is 0. The first-order valence-electron chi connectivity index (χ1n) is 7.40. The van der Waals surface area contributed by atoms with Crippen LogP contribution in [0.2, 0.25) is 0 Å². The topological polar surface area (TPSA) is 80.3 Å². The van der Waals surface area contributed by atoms with Gasteiger partial charge in [-0.1, -0.05) is 13.8 Å². The molecule has 0 aliphatic carbocycles. The molecule has 0 aromatic carbocycles. The van der Waals surface area contributed by atoms with Crippen molar-refractivity contribution >= 4 is 12.3 Å². The minimum absolute atomic E-state index is 0.152. The Kier molecular flexibility index (Phi) is 8.57. The Labute approximate surface area is 124 Å². The van der Waals surface area contributed by atoms with Crippen molar-refractivity contribution in [2.24, 2.45) is 0 Å². The first-order valence-corrected chi connectivity index (χ1v) is 7.40. The van der Waals surface area contributed by atoms with Gasteiger partial charge in [0.05, 0.1) is 25.4 Å². The normalized spacial score (nSPS) is 20.9. The van der Waals surface area contributed by atoms with Gasteiger partial charge in [0.25, 0.3) is 0 Å². The largest absolute Gasteiger partial charge is 0.508 e. The van der Waals surface area contributed by atoms with E-state index >= 15 is 0 Å². The second kappa shape index (κ2) is 10.3. The molecule has 1 saturated heterocycles. The van der Waals surface area contributed by atoms with Crippen molar-refractivity contribution in [2.75, 3.05) is 26.4 Å². The second-order valence-corrected chi connectivity index (χ2v) is 4.78. The molecule has 2 unspecified atom stereocenters. The van der Waals surface area contributed by atoms with Crippen molar-refractivity contribution in [3.05, 3.63) is 0 Å². The van der Waals surface area contributed by atoms with Crippen molar-refractivity contribution in [3.8, 4) is 0 Å². The van der Waals surface area contributed by atoms with Crippen LogP contribution in [0.4, 0.5) is 9.59 Å². The summed E-state index contributed by atoms with van der Waals surface area (Å²) in [5.41, 5.74) is 0. The van der Waals surface area contributed by atoms with Crippen molar-refractivity contribution in [1.82, 2.24) is 0 Å². The zero-order chi connectivity index (χ0) is 15.5. The molecular weight excluding hydrogens is 280 g/mol. The molecule has 1 aliphatic rings. The molecular formula is C14H24O7. The van der Waals surface area contributed by atoms with Crippen LogP contribution in [-0.4, -0.2) is 50.9 Å². The Morgan fingerprint density at radius 2 is 1.29 bits per heavy atom. The van der Waals surface area contributed by atoms with Gasteiger partial charge >= 0.3 is 12.3 Å². The highest BCUT2D eigenvalue weighted by molar-refractivity contribution is 5.60. The molecule has 1 heterocycles. The lowest BCUT2D eigenvalue weighted by molar-refractivity contribution is -0.0401. The van der Waals surface area contributed by atoms with Crippen LogP contribution in [0.15, 0.2) is 0 Å². The van der Waals surface area contributed by atoms with Crippen LogP contribution in [-0.2, 0) is 23.7 Å². The molecule has 1 fully saturated rings. The molecule has 2 atom stereocenters. The van der Waals surface area contributed by atoms with Crippen LogP contribution < -0.4 is 0 Å². The zero-order valence-electron chi connectivity index (χ0n) is 12.7. The van der Waals surface area contributed by atoms with Gasteiger partial charge in [-0.05, 0) is 25.7 Å². The minimum atomic E-state index is -0.678. The standard InChI is InChI=1S/C14H24O7/c1-3-7-17-13(15)19-9-11-5-6-12(21-11)10-20-14(16)18-8-4-2/h11-12H,3-10H2,1-2H3. The van der Waals surface area contributed by atoms with Gasteiger partial charge in [0, 0.05) is 0 Å². The number of rotatable bonds is 8. The number of hydrogen-bond donors (Lipinski definition) is 0. The van der Waals surface area contributed by atoms with Crippen LogP contribution in [0.1, 0.15) is 39.5 Å². The number of ether oxygens (including phenoxy) is 5. The second-order valence-electron chi connectivity index (χ2n) is 4.78. The molecule has 1 aliphatic heterocycles. The van der Waals surface area contributed by atoms with E-state index in [1.807, 2.05) is 13.8 Å². The van der Waals surface area contributed by atoms with Gasteiger partial charge in [-0.3, -0.25) is 0 Å². The van der Waals surface area contributed by atoms with Gasteiger partial charge in [0.2, 0.25) is 0 Å². The molecule has 21 heavy (non-hydrogen) atoms. The monoisotopic (exact) mass is 304 g/mol. The maximum Gasteiger partial charge on any atom is 0.508 e. The van der Waals surface area contributed by atoms with E-state index in [1.54, 1.807) is 0 Å². The van der Waals surface area contributed by atoms with Crippen LogP contribution in [0.3, 0.4) is 0 Å². The predicted octanol–water partition coefficient (Wildman–Crippen LogP) is 2.66. The van der Waals surface area contributed by atoms with Gasteiger partial charge in [-0.25, -0.2) is 9.59 Å². The summed E-state index contributed by atoms with van der Waals surface area (Å²) in [5.74, 6) is 0. The highest BCUT2D eigenvalue weighted by Gasteiger charge is 2.27. The fraction of sp³-hybridized carbons (Fsp3) is 0.857. The average Bonchev–Trinajstić information content (AvgIpc) is 2.94. The third-order valence-electron chi connectivity index (χ3n) is 2.82. The Morgan fingerprint density at radius 1 is 0.857 bits per heavy atom. The van der Waals surface area contributed by atoms with Crippen molar-refractivity contribution in [3.63, 3.8) is 0 Å². The molecule has 0 amide bonds. The lowest BCUT2D eigenvalue weighted by Gasteiger charge is -2.14. The van der Waals surface area contributed by atoms with Crippen LogP contribution in [0.25, 0.3) is 0 Å². The maximum absolute atomic E-state index is 11.2. The zero-order valence-corrected chi connectivity index (χ0v) is 12.7. The molecule has 0 bridgehead atoms. The molecule has 7 heteroatoms. The fourth-order valence-corrected chi connectivity index (χ4v) is 1.80. The summed E-state index contributed by atoms with van der Waals surface area (Å²) < 4.78 is 25.1. The molecule has 7 nitrogen and oxygen atoms in total. The molecule has 0 N–H and O–H groups in total. The summed E-state index contributed by atoms with van der Waals surface area (Å²) >= 11 is 0. The molecule has 0 aromatic rings. The summed E-state index contributed by atoms with van der Waals surface area (Å²) in [6.07, 6.45) is 1.29. The first-order chi connectivity index (χ1) is 10.2. The van der Waals surface area contributed by atoms with E-state index in [-0.39, 0.29) is 25.4 Å². The third kappa shape index (κ3) is 7.75. The van der Waals surface area contributed by atoms with E-state index < -0.39 is 12.3 Å².